The van der Waals surface area contributed by atoms with Gasteiger partial charge in [0.25, 0.3) is 0 Å². The van der Waals surface area contributed by atoms with Crippen LogP contribution in [-0.4, -0.2) is 24.4 Å². The van der Waals surface area contributed by atoms with E-state index < -0.39 is 17.8 Å². The molecule has 1 atom stereocenters. The summed E-state index contributed by atoms with van der Waals surface area (Å²) in [6.45, 7) is -0.0931. The maximum Gasteiger partial charge on any atom is 0.248 e. The molecule has 0 saturated heterocycles. The zero-order chi connectivity index (χ0) is 25.3. The lowest BCUT2D eigenvalue weighted by molar-refractivity contribution is -0.127. The maximum absolute atomic E-state index is 15.1. The molecule has 1 saturated carbocycles. The van der Waals surface area contributed by atoms with Gasteiger partial charge in [0.15, 0.2) is 0 Å². The summed E-state index contributed by atoms with van der Waals surface area (Å²) in [6, 6.07) is 11.9. The van der Waals surface area contributed by atoms with E-state index in [0.717, 1.165) is 49.9 Å². The van der Waals surface area contributed by atoms with E-state index in [0.29, 0.717) is 11.3 Å². The Balaban J connectivity index is 1.66. The van der Waals surface area contributed by atoms with Crippen LogP contribution in [0.4, 0.5) is 15.8 Å². The molecule has 190 valence electrons. The van der Waals surface area contributed by atoms with Crippen molar-refractivity contribution in [2.75, 3.05) is 17.2 Å². The van der Waals surface area contributed by atoms with E-state index >= 15 is 4.39 Å². The Kier molecular flexibility index (Phi) is 9.19. The van der Waals surface area contributed by atoms with E-state index in [4.69, 9.17) is 5.73 Å². The minimum Gasteiger partial charge on any atom is -0.398 e. The molecule has 2 amide bonds. The minimum atomic E-state index is -1.11. The van der Waals surface area contributed by atoms with Crippen LogP contribution in [0.15, 0.2) is 71.7 Å². The quantitative estimate of drug-likeness (QED) is 0.312. The second kappa shape index (κ2) is 12.7. The maximum atomic E-state index is 15.1. The summed E-state index contributed by atoms with van der Waals surface area (Å²) in [4.78, 5) is 29.7. The van der Waals surface area contributed by atoms with Gasteiger partial charge in [-0.15, -0.1) is 0 Å². The van der Waals surface area contributed by atoms with Crippen molar-refractivity contribution in [2.45, 2.75) is 57.0 Å². The van der Waals surface area contributed by atoms with Gasteiger partial charge in [0.1, 0.15) is 11.9 Å². The molecule has 6 nitrogen and oxygen atoms in total. The van der Waals surface area contributed by atoms with E-state index in [-0.39, 0.29) is 24.2 Å². The molecular formula is C28H33FN4O2S. The van der Waals surface area contributed by atoms with E-state index in [9.17, 15) is 9.59 Å². The van der Waals surface area contributed by atoms with E-state index in [1.807, 2.05) is 6.08 Å². The Morgan fingerprint density at radius 2 is 1.81 bits per heavy atom. The van der Waals surface area contributed by atoms with Gasteiger partial charge in [-0.1, -0.05) is 67.8 Å². The number of allylic oxidation sites excluding steroid dienone is 3. The molecule has 4 rings (SSSR count). The number of anilines is 2. The molecule has 2 aliphatic carbocycles. The number of carbonyl (C=O) groups is 2. The first-order valence-corrected chi connectivity index (χ1v) is 13.3. The van der Waals surface area contributed by atoms with Crippen LogP contribution >= 0.6 is 11.9 Å². The van der Waals surface area contributed by atoms with E-state index in [1.54, 1.807) is 36.4 Å². The fourth-order valence-electron chi connectivity index (χ4n) is 4.68. The molecule has 36 heavy (non-hydrogen) atoms. The fraction of sp³-hybridized carbons (Fsp3) is 0.357. The van der Waals surface area contributed by atoms with Gasteiger partial charge in [-0.05, 0) is 55.8 Å². The highest BCUT2D eigenvalue weighted by molar-refractivity contribution is 8.01. The zero-order valence-corrected chi connectivity index (χ0v) is 21.1. The van der Waals surface area contributed by atoms with Crippen LogP contribution in [0.3, 0.4) is 0 Å². The molecular weight excluding hydrogens is 475 g/mol. The molecule has 2 aromatic rings. The number of carbonyl (C=O) groups excluding carboxylic acids is 2. The summed E-state index contributed by atoms with van der Waals surface area (Å²) in [7, 11) is 0. The summed E-state index contributed by atoms with van der Waals surface area (Å²) in [6.07, 6.45) is 13.2. The van der Waals surface area contributed by atoms with Gasteiger partial charge in [0, 0.05) is 22.2 Å². The lowest BCUT2D eigenvalue weighted by Gasteiger charge is -2.34. The first-order chi connectivity index (χ1) is 17.5. The van der Waals surface area contributed by atoms with Crippen LogP contribution in [0, 0.1) is 5.82 Å². The van der Waals surface area contributed by atoms with Crippen LogP contribution in [0.25, 0.3) is 0 Å². The Labute approximate surface area is 216 Å². The second-order valence-electron chi connectivity index (χ2n) is 9.10. The van der Waals surface area contributed by atoms with Gasteiger partial charge < -0.3 is 11.1 Å². The molecule has 1 unspecified atom stereocenters. The van der Waals surface area contributed by atoms with Crippen molar-refractivity contribution in [3.05, 3.63) is 83.0 Å². The van der Waals surface area contributed by atoms with Gasteiger partial charge in [-0.3, -0.25) is 19.2 Å². The van der Waals surface area contributed by atoms with Gasteiger partial charge in [-0.2, -0.15) is 0 Å². The summed E-state index contributed by atoms with van der Waals surface area (Å²) < 4.78 is 18.2. The average Bonchev–Trinajstić information content (AvgIpc) is 2.89. The monoisotopic (exact) mass is 508 g/mol. The number of nitrogens with one attached hydrogen (secondary N) is 2. The second-order valence-corrected chi connectivity index (χ2v) is 10.1. The zero-order valence-electron chi connectivity index (χ0n) is 20.3. The van der Waals surface area contributed by atoms with Crippen LogP contribution < -0.4 is 20.7 Å². The summed E-state index contributed by atoms with van der Waals surface area (Å²) in [5.74, 6) is -1.37. The highest BCUT2D eigenvalue weighted by Crippen LogP contribution is 2.33. The molecule has 0 heterocycles. The third-order valence-corrected chi connectivity index (χ3v) is 7.33. The molecule has 0 bridgehead atoms. The Hall–Kier alpha value is -3.10. The van der Waals surface area contributed by atoms with Gasteiger partial charge in [0.05, 0.1) is 12.2 Å². The lowest BCUT2D eigenvalue weighted by Crippen LogP contribution is -2.49. The third kappa shape index (κ3) is 6.56. The number of halogens is 1. The van der Waals surface area contributed by atoms with E-state index in [2.05, 4.69) is 22.2 Å². The van der Waals surface area contributed by atoms with Crippen molar-refractivity contribution >= 4 is 35.1 Å². The topological polar surface area (TPSA) is 87.5 Å². The SMILES string of the molecule is Nc1ccccc1C(C(=O)NC1CCCCC1)N(C(=O)CNSC1=CCCC=C1)c1ccccc1F. The Bertz CT molecular complexity index is 1130. The Morgan fingerprint density at radius 1 is 1.06 bits per heavy atom. The molecule has 0 radical (unpaired) electrons. The summed E-state index contributed by atoms with van der Waals surface area (Å²) in [5.41, 5.74) is 7.17. The van der Waals surface area contributed by atoms with Crippen molar-refractivity contribution in [3.8, 4) is 0 Å². The first-order valence-electron chi connectivity index (χ1n) is 12.5. The molecule has 2 aliphatic rings. The van der Waals surface area contributed by atoms with Crippen molar-refractivity contribution in [3.63, 3.8) is 0 Å². The smallest absolute Gasteiger partial charge is 0.248 e. The number of benzene rings is 2. The fourth-order valence-corrected chi connectivity index (χ4v) is 5.41. The van der Waals surface area contributed by atoms with E-state index in [1.165, 1.54) is 29.0 Å². The highest BCUT2D eigenvalue weighted by Gasteiger charge is 2.36. The molecule has 1 fully saturated rings. The highest BCUT2D eigenvalue weighted by atomic mass is 32.2. The number of amides is 2. The summed E-state index contributed by atoms with van der Waals surface area (Å²) in [5, 5.41) is 3.12. The standard InChI is InChI=1S/C28H33FN4O2S/c29-23-16-8-10-18-25(23)33(26(34)19-31-36-21-13-5-2-6-14-21)27(22-15-7-9-17-24(22)30)28(35)32-20-11-3-1-4-12-20/h5,7-10,13-18,20,27,31H,1-4,6,11-12,19,30H2,(H,32,35). The number of para-hydroxylation sites is 2. The van der Waals surface area contributed by atoms with Crippen molar-refractivity contribution in [1.82, 2.24) is 10.0 Å². The largest absolute Gasteiger partial charge is 0.398 e. The van der Waals surface area contributed by atoms with Crippen LogP contribution in [0.1, 0.15) is 56.6 Å². The molecule has 4 N–H and O–H groups in total. The average molecular weight is 509 g/mol. The number of nitrogens with zero attached hydrogens (tertiary/aromatic N) is 1. The van der Waals surface area contributed by atoms with Crippen LogP contribution in [0.5, 0.6) is 0 Å². The minimum absolute atomic E-state index is 0.0231. The normalized spacial score (nSPS) is 16.8. The number of hydrogen-bond acceptors (Lipinski definition) is 5. The van der Waals surface area contributed by atoms with Crippen LogP contribution in [0.2, 0.25) is 0 Å². The molecule has 2 aromatic carbocycles. The summed E-state index contributed by atoms with van der Waals surface area (Å²) >= 11 is 1.35. The number of nitrogens with two attached hydrogens (primary N) is 1. The molecule has 0 spiro atoms. The molecule has 0 aromatic heterocycles. The van der Waals surface area contributed by atoms with Crippen LogP contribution in [-0.2, 0) is 9.59 Å². The Morgan fingerprint density at radius 3 is 2.53 bits per heavy atom. The van der Waals surface area contributed by atoms with Gasteiger partial charge in [-0.25, -0.2) is 4.39 Å². The van der Waals surface area contributed by atoms with Crippen molar-refractivity contribution < 1.29 is 14.0 Å². The van der Waals surface area contributed by atoms with Crippen molar-refractivity contribution in [1.29, 1.82) is 0 Å². The predicted octanol–water partition coefficient (Wildman–Crippen LogP) is 5.40. The molecule has 8 heteroatoms. The lowest BCUT2D eigenvalue weighted by atomic mass is 9.94. The van der Waals surface area contributed by atoms with Gasteiger partial charge >= 0.3 is 0 Å². The number of rotatable bonds is 9. The number of nitrogen functional groups attached to an aromatic ring is 1. The molecule has 0 aliphatic heterocycles. The van der Waals surface area contributed by atoms with Gasteiger partial charge in [0.2, 0.25) is 11.8 Å². The first kappa shape index (κ1) is 26.0. The van der Waals surface area contributed by atoms with Crippen molar-refractivity contribution in [2.24, 2.45) is 0 Å². The third-order valence-electron chi connectivity index (χ3n) is 6.50. The number of hydrogen-bond donors (Lipinski definition) is 3. The predicted molar refractivity (Wildman–Crippen MR) is 145 cm³/mol.